The van der Waals surface area contributed by atoms with Gasteiger partial charge in [0.25, 0.3) is 10.2 Å². The van der Waals surface area contributed by atoms with E-state index in [1.807, 2.05) is 0 Å². The van der Waals surface area contributed by atoms with Crippen LogP contribution >= 0.6 is 0 Å². The third-order valence-electron chi connectivity index (χ3n) is 2.56. The van der Waals surface area contributed by atoms with Crippen molar-refractivity contribution < 1.29 is 21.6 Å². The van der Waals surface area contributed by atoms with Gasteiger partial charge in [0.1, 0.15) is 6.54 Å². The van der Waals surface area contributed by atoms with Gasteiger partial charge in [0.15, 0.2) is 0 Å². The number of nitrogens with one attached hydrogen (secondary N) is 1. The van der Waals surface area contributed by atoms with Crippen LogP contribution in [-0.2, 0) is 10.2 Å². The first-order chi connectivity index (χ1) is 8.27. The van der Waals surface area contributed by atoms with Gasteiger partial charge in [0.05, 0.1) is 0 Å². The number of nitrogens with zero attached hydrogens (tertiary/aromatic N) is 2. The molecule has 0 bridgehead atoms. The number of rotatable bonds is 5. The lowest BCUT2D eigenvalue weighted by Crippen LogP contribution is -2.53. The minimum atomic E-state index is -4.52. The van der Waals surface area contributed by atoms with Crippen molar-refractivity contribution in [2.24, 2.45) is 0 Å². The van der Waals surface area contributed by atoms with E-state index in [-0.39, 0.29) is 19.6 Å². The molecule has 0 radical (unpaired) electrons. The Morgan fingerprint density at radius 2 is 1.83 bits per heavy atom. The smallest absolute Gasteiger partial charge is 0.314 e. The first-order valence-corrected chi connectivity index (χ1v) is 7.20. The van der Waals surface area contributed by atoms with Crippen molar-refractivity contribution >= 4 is 10.2 Å². The summed E-state index contributed by atoms with van der Waals surface area (Å²) in [5, 5.41) is 2.96. The van der Waals surface area contributed by atoms with Crippen LogP contribution < -0.4 is 5.32 Å². The Balaban J connectivity index is 2.81. The van der Waals surface area contributed by atoms with Crippen LogP contribution in [-0.4, -0.2) is 62.5 Å². The lowest BCUT2D eigenvalue weighted by molar-refractivity contribution is -0.136. The third kappa shape index (κ3) is 4.38. The van der Waals surface area contributed by atoms with Crippen molar-refractivity contribution in [3.8, 4) is 0 Å². The van der Waals surface area contributed by atoms with E-state index in [2.05, 4.69) is 5.32 Å². The second kappa shape index (κ2) is 6.18. The van der Waals surface area contributed by atoms with Gasteiger partial charge in [-0.25, -0.2) is 0 Å². The van der Waals surface area contributed by atoms with Gasteiger partial charge in [-0.1, -0.05) is 6.92 Å². The summed E-state index contributed by atoms with van der Waals surface area (Å²) in [4.78, 5) is 0. The van der Waals surface area contributed by atoms with Crippen molar-refractivity contribution in [2.45, 2.75) is 19.5 Å². The molecule has 0 aromatic heterocycles. The standard InChI is InChI=1S/C9H18F3N3O2S/c1-2-5-15(8-9(10,11)12)18(16,17)14-6-3-13-4-7-14/h13H,2-8H2,1H3. The summed E-state index contributed by atoms with van der Waals surface area (Å²) in [6, 6.07) is 0. The van der Waals surface area contributed by atoms with Crippen LogP contribution in [0.2, 0.25) is 0 Å². The highest BCUT2D eigenvalue weighted by Crippen LogP contribution is 2.20. The van der Waals surface area contributed by atoms with Crippen LogP contribution in [0.3, 0.4) is 0 Å². The molecule has 0 saturated carbocycles. The number of hydrogen-bond donors (Lipinski definition) is 1. The van der Waals surface area contributed by atoms with E-state index < -0.39 is 22.9 Å². The van der Waals surface area contributed by atoms with Gasteiger partial charge in [-0.3, -0.25) is 0 Å². The fraction of sp³-hybridized carbons (Fsp3) is 1.00. The quantitative estimate of drug-likeness (QED) is 0.797. The molecule has 0 amide bonds. The maximum Gasteiger partial charge on any atom is 0.402 e. The molecule has 1 N–H and O–H groups in total. The normalized spacial score (nSPS) is 19.4. The molecule has 0 aliphatic carbocycles. The molecule has 18 heavy (non-hydrogen) atoms. The summed E-state index contributed by atoms with van der Waals surface area (Å²) in [7, 11) is -4.01. The first-order valence-electron chi connectivity index (χ1n) is 5.80. The van der Waals surface area contributed by atoms with E-state index in [1.165, 1.54) is 0 Å². The third-order valence-corrected chi connectivity index (χ3v) is 4.54. The summed E-state index contributed by atoms with van der Waals surface area (Å²) in [6.07, 6.45) is -4.17. The van der Waals surface area contributed by atoms with Crippen molar-refractivity contribution in [3.05, 3.63) is 0 Å². The average molecular weight is 289 g/mol. The molecule has 0 aromatic rings. The maximum atomic E-state index is 12.4. The minimum Gasteiger partial charge on any atom is -0.314 e. The summed E-state index contributed by atoms with van der Waals surface area (Å²) >= 11 is 0. The molecule has 0 unspecified atom stereocenters. The van der Waals surface area contributed by atoms with Crippen LogP contribution in [0, 0.1) is 0 Å². The highest BCUT2D eigenvalue weighted by Gasteiger charge is 2.38. The topological polar surface area (TPSA) is 52.7 Å². The van der Waals surface area contributed by atoms with Crippen LogP contribution in [0.1, 0.15) is 13.3 Å². The largest absolute Gasteiger partial charge is 0.402 e. The lowest BCUT2D eigenvalue weighted by atomic mass is 10.4. The van der Waals surface area contributed by atoms with E-state index in [0.29, 0.717) is 23.8 Å². The van der Waals surface area contributed by atoms with Gasteiger partial charge < -0.3 is 5.32 Å². The van der Waals surface area contributed by atoms with Crippen LogP contribution in [0.25, 0.3) is 0 Å². The molecular weight excluding hydrogens is 271 g/mol. The molecule has 0 aromatic carbocycles. The van der Waals surface area contributed by atoms with Gasteiger partial charge in [-0.05, 0) is 6.42 Å². The molecule has 1 fully saturated rings. The second-order valence-corrected chi connectivity index (χ2v) is 6.03. The molecule has 1 heterocycles. The Hall–Kier alpha value is -0.380. The molecule has 9 heteroatoms. The van der Waals surface area contributed by atoms with Gasteiger partial charge in [-0.2, -0.15) is 30.2 Å². The van der Waals surface area contributed by atoms with E-state index >= 15 is 0 Å². The summed E-state index contributed by atoms with van der Waals surface area (Å²) in [5.41, 5.74) is 0. The molecule has 0 spiro atoms. The monoisotopic (exact) mass is 289 g/mol. The number of halogens is 3. The van der Waals surface area contributed by atoms with Crippen molar-refractivity contribution in [1.29, 1.82) is 0 Å². The Morgan fingerprint density at radius 3 is 2.28 bits per heavy atom. The summed E-state index contributed by atoms with van der Waals surface area (Å²) in [6.45, 7) is 1.45. The number of alkyl halides is 3. The predicted molar refractivity (Wildman–Crippen MR) is 61.3 cm³/mol. The Bertz CT molecular complexity index is 353. The zero-order chi connectivity index (χ0) is 13.8. The maximum absolute atomic E-state index is 12.4. The van der Waals surface area contributed by atoms with Crippen LogP contribution in [0.4, 0.5) is 13.2 Å². The lowest BCUT2D eigenvalue weighted by Gasteiger charge is -2.32. The van der Waals surface area contributed by atoms with E-state index in [4.69, 9.17) is 0 Å². The Kier molecular flexibility index (Phi) is 5.38. The first kappa shape index (κ1) is 15.7. The Morgan fingerprint density at radius 1 is 1.28 bits per heavy atom. The van der Waals surface area contributed by atoms with E-state index in [0.717, 1.165) is 4.31 Å². The molecular formula is C9H18F3N3O2S. The van der Waals surface area contributed by atoms with Crippen LogP contribution in [0.5, 0.6) is 0 Å². The number of hydrogen-bond acceptors (Lipinski definition) is 3. The van der Waals surface area contributed by atoms with Gasteiger partial charge in [0.2, 0.25) is 0 Å². The fourth-order valence-corrected chi connectivity index (χ4v) is 3.46. The number of piperazine rings is 1. The zero-order valence-electron chi connectivity index (χ0n) is 10.2. The highest BCUT2D eigenvalue weighted by atomic mass is 32.2. The minimum absolute atomic E-state index is 0.119. The molecule has 1 saturated heterocycles. The van der Waals surface area contributed by atoms with Gasteiger partial charge in [0, 0.05) is 32.7 Å². The second-order valence-electron chi connectivity index (χ2n) is 4.11. The fourth-order valence-electron chi connectivity index (χ4n) is 1.76. The molecule has 0 atom stereocenters. The van der Waals surface area contributed by atoms with Crippen molar-refractivity contribution in [3.63, 3.8) is 0 Å². The van der Waals surface area contributed by atoms with Crippen molar-refractivity contribution in [1.82, 2.24) is 13.9 Å². The highest BCUT2D eigenvalue weighted by molar-refractivity contribution is 7.86. The predicted octanol–water partition coefficient (Wildman–Crippen LogP) is 0.411. The van der Waals surface area contributed by atoms with Crippen LogP contribution in [0.15, 0.2) is 0 Å². The molecule has 1 aliphatic heterocycles. The molecule has 108 valence electrons. The molecule has 1 rings (SSSR count). The summed E-state index contributed by atoms with van der Waals surface area (Å²) < 4.78 is 62.9. The van der Waals surface area contributed by atoms with Gasteiger partial charge in [-0.15, -0.1) is 0 Å². The molecule has 5 nitrogen and oxygen atoms in total. The van der Waals surface area contributed by atoms with E-state index in [1.54, 1.807) is 6.92 Å². The SMILES string of the molecule is CCCN(CC(F)(F)F)S(=O)(=O)N1CCNCC1. The zero-order valence-corrected chi connectivity index (χ0v) is 11.0. The van der Waals surface area contributed by atoms with Crippen molar-refractivity contribution in [2.75, 3.05) is 39.3 Å². The molecule has 1 aliphatic rings. The Labute approximate surface area is 105 Å². The summed E-state index contributed by atoms with van der Waals surface area (Å²) in [5.74, 6) is 0. The van der Waals surface area contributed by atoms with E-state index in [9.17, 15) is 21.6 Å². The average Bonchev–Trinajstić information content (AvgIpc) is 2.28. The van der Waals surface area contributed by atoms with Gasteiger partial charge >= 0.3 is 6.18 Å².